The molecule has 5 heteroatoms. The minimum atomic E-state index is -0.387. The van der Waals surface area contributed by atoms with Crippen molar-refractivity contribution in [3.63, 3.8) is 0 Å². The number of nitrogens with two attached hydrogens (primary N) is 1. The van der Waals surface area contributed by atoms with E-state index in [4.69, 9.17) is 27.1 Å². The van der Waals surface area contributed by atoms with Gasteiger partial charge in [-0.2, -0.15) is 0 Å². The number of ether oxygens (including phenoxy) is 1. The maximum Gasteiger partial charge on any atom is 0.171 e. The van der Waals surface area contributed by atoms with Gasteiger partial charge in [0, 0.05) is 34.3 Å². The number of para-hydroxylation sites is 2. The molecule has 0 saturated heterocycles. The lowest BCUT2D eigenvalue weighted by molar-refractivity contribution is 0.277. The molecule has 1 heterocycles. The van der Waals surface area contributed by atoms with Crippen LogP contribution in [0.4, 0.5) is 17.1 Å². The first-order valence-electron chi connectivity index (χ1n) is 8.90. The van der Waals surface area contributed by atoms with Crippen LogP contribution in [-0.2, 0) is 0 Å². The molecule has 3 N–H and O–H groups in total. The van der Waals surface area contributed by atoms with Gasteiger partial charge in [-0.15, -0.1) is 0 Å². The fourth-order valence-electron chi connectivity index (χ4n) is 3.11. The van der Waals surface area contributed by atoms with E-state index in [1.807, 2.05) is 55.5 Å². The van der Waals surface area contributed by atoms with Crippen LogP contribution in [0.25, 0.3) is 21.8 Å². The zero-order valence-electron chi connectivity index (χ0n) is 14.9. The molecule has 4 rings (SSSR count). The highest BCUT2D eigenvalue weighted by atomic mass is 35.5. The van der Waals surface area contributed by atoms with Gasteiger partial charge >= 0.3 is 0 Å². The monoisotopic (exact) mass is 377 g/mol. The summed E-state index contributed by atoms with van der Waals surface area (Å²) >= 11 is 6.13. The standard InChI is InChI=1S/C22H20ClN3O/c1-2-21(23)27-16-12-14(24)11-15(13-16)25-22-17-7-3-5-9-19(17)26-20-10-6-4-8-18(20)22/h3-13,21H,2,24H2,1H3,(H,25,26). The zero-order valence-corrected chi connectivity index (χ0v) is 15.7. The van der Waals surface area contributed by atoms with Gasteiger partial charge in [0.15, 0.2) is 5.56 Å². The predicted molar refractivity (Wildman–Crippen MR) is 114 cm³/mol. The Balaban J connectivity index is 1.83. The second kappa shape index (κ2) is 7.33. The number of anilines is 3. The van der Waals surface area contributed by atoms with Crippen LogP contribution in [0.2, 0.25) is 0 Å². The lowest BCUT2D eigenvalue weighted by atomic mass is 10.1. The number of hydrogen-bond donors (Lipinski definition) is 2. The molecule has 1 unspecified atom stereocenters. The van der Waals surface area contributed by atoms with Gasteiger partial charge in [-0.05, 0) is 24.6 Å². The summed E-state index contributed by atoms with van der Waals surface area (Å²) in [5.74, 6) is 0.641. The highest BCUT2D eigenvalue weighted by Crippen LogP contribution is 2.34. The summed E-state index contributed by atoms with van der Waals surface area (Å²) in [5, 5.41) is 5.61. The average Bonchev–Trinajstić information content (AvgIpc) is 2.67. The lowest BCUT2D eigenvalue weighted by Gasteiger charge is -2.16. The third-order valence-corrected chi connectivity index (χ3v) is 4.77. The molecule has 0 saturated carbocycles. The van der Waals surface area contributed by atoms with Crippen molar-refractivity contribution in [2.24, 2.45) is 0 Å². The Morgan fingerprint density at radius 1 is 1.00 bits per heavy atom. The number of nitrogens with zero attached hydrogens (tertiary/aromatic N) is 1. The van der Waals surface area contributed by atoms with Crippen LogP contribution in [0.3, 0.4) is 0 Å². The molecule has 0 amide bonds. The molecular weight excluding hydrogens is 358 g/mol. The molecule has 0 fully saturated rings. The molecule has 0 aliphatic rings. The molecule has 0 spiro atoms. The second-order valence-electron chi connectivity index (χ2n) is 6.37. The molecule has 4 nitrogen and oxygen atoms in total. The van der Waals surface area contributed by atoms with Crippen molar-refractivity contribution in [2.75, 3.05) is 11.1 Å². The number of nitrogen functional groups attached to an aromatic ring is 1. The van der Waals surface area contributed by atoms with E-state index in [1.54, 1.807) is 6.07 Å². The van der Waals surface area contributed by atoms with Gasteiger partial charge in [0.25, 0.3) is 0 Å². The minimum Gasteiger partial charge on any atom is -0.475 e. The van der Waals surface area contributed by atoms with Gasteiger partial charge in [0.2, 0.25) is 0 Å². The van der Waals surface area contributed by atoms with Crippen molar-refractivity contribution in [3.05, 3.63) is 66.7 Å². The fraction of sp³-hybridized carbons (Fsp3) is 0.136. The van der Waals surface area contributed by atoms with E-state index in [-0.39, 0.29) is 5.56 Å². The minimum absolute atomic E-state index is 0.387. The number of alkyl halides is 1. The molecule has 1 aromatic heterocycles. The molecule has 1 atom stereocenters. The molecular formula is C22H20ClN3O. The second-order valence-corrected chi connectivity index (χ2v) is 6.86. The highest BCUT2D eigenvalue weighted by Gasteiger charge is 2.11. The van der Waals surface area contributed by atoms with Gasteiger partial charge in [-0.25, -0.2) is 4.98 Å². The van der Waals surface area contributed by atoms with E-state index in [0.717, 1.165) is 33.2 Å². The Hall–Kier alpha value is -2.98. The summed E-state index contributed by atoms with van der Waals surface area (Å²) in [5.41, 5.74) is 10.0. The predicted octanol–water partition coefficient (Wildman–Crippen LogP) is 6.07. The van der Waals surface area contributed by atoms with Gasteiger partial charge < -0.3 is 15.8 Å². The van der Waals surface area contributed by atoms with E-state index in [9.17, 15) is 0 Å². The smallest absolute Gasteiger partial charge is 0.171 e. The molecule has 0 aliphatic heterocycles. The van der Waals surface area contributed by atoms with Gasteiger partial charge in [-0.1, -0.05) is 54.9 Å². The number of pyridine rings is 1. The number of benzene rings is 3. The first kappa shape index (κ1) is 17.4. The third-order valence-electron chi connectivity index (χ3n) is 4.37. The van der Waals surface area contributed by atoms with Crippen LogP contribution in [0, 0.1) is 0 Å². The summed E-state index contributed by atoms with van der Waals surface area (Å²) in [6.45, 7) is 1.97. The summed E-state index contributed by atoms with van der Waals surface area (Å²) in [6, 6.07) is 21.7. The van der Waals surface area contributed by atoms with E-state index in [2.05, 4.69) is 17.4 Å². The van der Waals surface area contributed by atoms with E-state index in [0.29, 0.717) is 17.9 Å². The Morgan fingerprint density at radius 3 is 2.26 bits per heavy atom. The average molecular weight is 378 g/mol. The number of hydrogen-bond acceptors (Lipinski definition) is 4. The number of nitrogens with one attached hydrogen (secondary N) is 1. The first-order chi connectivity index (χ1) is 13.1. The number of fused-ring (bicyclic) bond motifs is 2. The largest absolute Gasteiger partial charge is 0.475 e. The zero-order chi connectivity index (χ0) is 18.8. The van der Waals surface area contributed by atoms with Crippen LogP contribution in [0.1, 0.15) is 13.3 Å². The number of halogens is 1. The maximum atomic E-state index is 6.13. The third kappa shape index (κ3) is 3.62. The summed E-state index contributed by atoms with van der Waals surface area (Å²) in [6.07, 6.45) is 0.707. The SMILES string of the molecule is CCC(Cl)Oc1cc(N)cc(Nc2c3ccccc3nc3ccccc23)c1. The van der Waals surface area contributed by atoms with Crippen LogP contribution >= 0.6 is 11.6 Å². The molecule has 136 valence electrons. The number of rotatable bonds is 5. The molecule has 4 aromatic rings. The molecule has 0 radical (unpaired) electrons. The quantitative estimate of drug-likeness (QED) is 0.252. The molecule has 0 bridgehead atoms. The van der Waals surface area contributed by atoms with E-state index < -0.39 is 0 Å². The van der Waals surface area contributed by atoms with Crippen LogP contribution in [-0.4, -0.2) is 10.5 Å². The van der Waals surface area contributed by atoms with Crippen molar-refractivity contribution in [3.8, 4) is 5.75 Å². The van der Waals surface area contributed by atoms with Crippen molar-refractivity contribution in [1.82, 2.24) is 4.98 Å². The Kier molecular flexibility index (Phi) is 4.73. The van der Waals surface area contributed by atoms with Crippen molar-refractivity contribution < 1.29 is 4.74 Å². The fourth-order valence-corrected chi connectivity index (χ4v) is 3.22. The molecule has 0 aliphatic carbocycles. The van der Waals surface area contributed by atoms with Gasteiger partial charge in [0.05, 0.1) is 16.7 Å². The normalized spacial score (nSPS) is 12.2. The topological polar surface area (TPSA) is 60.2 Å². The summed E-state index contributed by atoms with van der Waals surface area (Å²) in [4.78, 5) is 4.76. The molecule has 3 aromatic carbocycles. The lowest BCUT2D eigenvalue weighted by Crippen LogP contribution is -2.07. The Bertz CT molecular complexity index is 1060. The summed E-state index contributed by atoms with van der Waals surface area (Å²) < 4.78 is 5.73. The van der Waals surface area contributed by atoms with Crippen LogP contribution < -0.4 is 15.8 Å². The van der Waals surface area contributed by atoms with Crippen LogP contribution in [0.5, 0.6) is 5.75 Å². The maximum absolute atomic E-state index is 6.13. The summed E-state index contributed by atoms with van der Waals surface area (Å²) in [7, 11) is 0. The van der Waals surface area contributed by atoms with Crippen molar-refractivity contribution >= 4 is 50.5 Å². The van der Waals surface area contributed by atoms with Crippen molar-refractivity contribution in [2.45, 2.75) is 18.9 Å². The number of aromatic nitrogens is 1. The van der Waals surface area contributed by atoms with Gasteiger partial charge in [-0.3, -0.25) is 0 Å². The highest BCUT2D eigenvalue weighted by molar-refractivity contribution is 6.19. The van der Waals surface area contributed by atoms with Gasteiger partial charge in [0.1, 0.15) is 5.75 Å². The first-order valence-corrected chi connectivity index (χ1v) is 9.33. The van der Waals surface area contributed by atoms with E-state index in [1.165, 1.54) is 0 Å². The van der Waals surface area contributed by atoms with Crippen molar-refractivity contribution in [1.29, 1.82) is 0 Å². The van der Waals surface area contributed by atoms with E-state index >= 15 is 0 Å². The van der Waals surface area contributed by atoms with Crippen LogP contribution in [0.15, 0.2) is 66.7 Å². The molecule has 27 heavy (non-hydrogen) atoms. The Labute approximate surface area is 162 Å². The Morgan fingerprint density at radius 2 is 1.63 bits per heavy atom.